The molecule has 0 saturated heterocycles. The lowest BCUT2D eigenvalue weighted by atomic mass is 10.0. The molecule has 0 aliphatic rings. The highest BCUT2D eigenvalue weighted by Crippen LogP contribution is 2.07. The van der Waals surface area contributed by atoms with Crippen LogP contribution in [-0.2, 0) is 6.42 Å². The Kier molecular flexibility index (Phi) is 3.71. The summed E-state index contributed by atoms with van der Waals surface area (Å²) in [5.41, 5.74) is 8.41. The van der Waals surface area contributed by atoms with Gasteiger partial charge in [0.1, 0.15) is 0 Å². The molecule has 0 aromatic heterocycles. The van der Waals surface area contributed by atoms with Crippen LogP contribution in [0.2, 0.25) is 0 Å². The average Bonchev–Trinajstić information content (AvgIpc) is 2.14. The smallest absolute Gasteiger partial charge is 0.0224 e. The summed E-state index contributed by atoms with van der Waals surface area (Å²) in [6, 6.07) is 8.67. The lowest BCUT2D eigenvalue weighted by Gasteiger charge is -2.06. The Morgan fingerprint density at radius 1 is 1.54 bits per heavy atom. The molecule has 0 aliphatic carbocycles. The van der Waals surface area contributed by atoms with E-state index in [2.05, 4.69) is 37.8 Å². The van der Waals surface area contributed by atoms with Gasteiger partial charge in [0.2, 0.25) is 0 Å². The molecule has 0 bridgehead atoms. The second kappa shape index (κ2) is 4.83. The van der Waals surface area contributed by atoms with Gasteiger partial charge in [0, 0.05) is 6.04 Å². The van der Waals surface area contributed by atoms with Gasteiger partial charge in [0.05, 0.1) is 0 Å². The minimum absolute atomic E-state index is 0.125. The highest BCUT2D eigenvalue weighted by Gasteiger charge is 1.97. The van der Waals surface area contributed by atoms with Gasteiger partial charge in [-0.1, -0.05) is 35.9 Å². The van der Waals surface area contributed by atoms with Gasteiger partial charge in [-0.25, -0.2) is 0 Å². The van der Waals surface area contributed by atoms with Crippen molar-refractivity contribution in [3.05, 3.63) is 48.0 Å². The maximum atomic E-state index is 5.74. The molecule has 13 heavy (non-hydrogen) atoms. The fourth-order valence-electron chi connectivity index (χ4n) is 1.32. The van der Waals surface area contributed by atoms with E-state index in [9.17, 15) is 0 Å². The van der Waals surface area contributed by atoms with E-state index in [1.165, 1.54) is 11.1 Å². The number of benzene rings is 1. The SMILES string of the molecule is C=CC(N)CCc1cccc(C)c1. The molecule has 1 nitrogen and oxygen atoms in total. The fourth-order valence-corrected chi connectivity index (χ4v) is 1.32. The zero-order valence-corrected chi connectivity index (χ0v) is 8.16. The summed E-state index contributed by atoms with van der Waals surface area (Å²) in [4.78, 5) is 0. The molecular weight excluding hydrogens is 158 g/mol. The molecule has 1 unspecified atom stereocenters. The van der Waals surface area contributed by atoms with Gasteiger partial charge in [0.15, 0.2) is 0 Å². The topological polar surface area (TPSA) is 26.0 Å². The van der Waals surface area contributed by atoms with Crippen molar-refractivity contribution in [2.45, 2.75) is 25.8 Å². The Balaban J connectivity index is 2.49. The van der Waals surface area contributed by atoms with Crippen LogP contribution in [0.1, 0.15) is 17.5 Å². The Morgan fingerprint density at radius 3 is 2.92 bits per heavy atom. The van der Waals surface area contributed by atoms with Gasteiger partial charge in [-0.2, -0.15) is 0 Å². The first-order valence-corrected chi connectivity index (χ1v) is 4.66. The van der Waals surface area contributed by atoms with Crippen LogP contribution in [0.5, 0.6) is 0 Å². The lowest BCUT2D eigenvalue weighted by Crippen LogP contribution is -2.16. The van der Waals surface area contributed by atoms with E-state index in [1.54, 1.807) is 6.08 Å². The highest BCUT2D eigenvalue weighted by atomic mass is 14.6. The largest absolute Gasteiger partial charge is 0.324 e. The van der Waals surface area contributed by atoms with Gasteiger partial charge >= 0.3 is 0 Å². The predicted molar refractivity (Wildman–Crippen MR) is 57.7 cm³/mol. The molecule has 1 atom stereocenters. The second-order valence-electron chi connectivity index (χ2n) is 3.43. The van der Waals surface area contributed by atoms with Gasteiger partial charge in [-0.3, -0.25) is 0 Å². The summed E-state index contributed by atoms with van der Waals surface area (Å²) in [5, 5.41) is 0. The molecule has 1 aromatic carbocycles. The molecule has 0 aliphatic heterocycles. The number of hydrogen-bond acceptors (Lipinski definition) is 1. The van der Waals surface area contributed by atoms with Gasteiger partial charge in [0.25, 0.3) is 0 Å². The third-order valence-corrected chi connectivity index (χ3v) is 2.15. The second-order valence-corrected chi connectivity index (χ2v) is 3.43. The fraction of sp³-hybridized carbons (Fsp3) is 0.333. The molecule has 0 fully saturated rings. The van der Waals surface area contributed by atoms with Crippen molar-refractivity contribution in [1.29, 1.82) is 0 Å². The molecule has 0 radical (unpaired) electrons. The van der Waals surface area contributed by atoms with E-state index in [-0.39, 0.29) is 6.04 Å². The van der Waals surface area contributed by atoms with E-state index in [1.807, 2.05) is 0 Å². The van der Waals surface area contributed by atoms with Crippen LogP contribution in [-0.4, -0.2) is 6.04 Å². The maximum Gasteiger partial charge on any atom is 0.0224 e. The number of rotatable bonds is 4. The number of hydrogen-bond donors (Lipinski definition) is 1. The van der Waals surface area contributed by atoms with E-state index >= 15 is 0 Å². The standard InChI is InChI=1S/C12H17N/c1-3-12(13)8-7-11-6-4-5-10(2)9-11/h3-6,9,12H,1,7-8,13H2,2H3. The first-order valence-electron chi connectivity index (χ1n) is 4.66. The molecule has 0 amide bonds. The van der Waals surface area contributed by atoms with Crippen molar-refractivity contribution >= 4 is 0 Å². The molecule has 1 heteroatoms. The Labute approximate surface area is 80.3 Å². The van der Waals surface area contributed by atoms with Gasteiger partial charge in [-0.15, -0.1) is 6.58 Å². The minimum atomic E-state index is 0.125. The maximum absolute atomic E-state index is 5.74. The van der Waals surface area contributed by atoms with Crippen LogP contribution in [0.3, 0.4) is 0 Å². The van der Waals surface area contributed by atoms with Gasteiger partial charge < -0.3 is 5.73 Å². The van der Waals surface area contributed by atoms with Crippen molar-refractivity contribution < 1.29 is 0 Å². The number of nitrogens with two attached hydrogens (primary N) is 1. The van der Waals surface area contributed by atoms with Crippen LogP contribution in [0.4, 0.5) is 0 Å². The summed E-state index contributed by atoms with van der Waals surface area (Å²) in [6.45, 7) is 5.77. The lowest BCUT2D eigenvalue weighted by molar-refractivity contribution is 0.721. The third-order valence-electron chi connectivity index (χ3n) is 2.15. The summed E-state index contributed by atoms with van der Waals surface area (Å²) < 4.78 is 0. The van der Waals surface area contributed by atoms with Crippen LogP contribution in [0, 0.1) is 6.92 Å². The van der Waals surface area contributed by atoms with Crippen LogP contribution in [0.15, 0.2) is 36.9 Å². The minimum Gasteiger partial charge on any atom is -0.324 e. The molecule has 0 saturated carbocycles. The zero-order chi connectivity index (χ0) is 9.68. The molecule has 2 N–H and O–H groups in total. The van der Waals surface area contributed by atoms with Crippen molar-refractivity contribution in [3.63, 3.8) is 0 Å². The Hall–Kier alpha value is -1.08. The van der Waals surface area contributed by atoms with Gasteiger partial charge in [-0.05, 0) is 25.3 Å². The quantitative estimate of drug-likeness (QED) is 0.699. The highest BCUT2D eigenvalue weighted by molar-refractivity contribution is 5.22. The molecule has 0 spiro atoms. The third kappa shape index (κ3) is 3.43. The molecule has 1 rings (SSSR count). The van der Waals surface area contributed by atoms with Crippen molar-refractivity contribution in [2.75, 3.05) is 0 Å². The summed E-state index contributed by atoms with van der Waals surface area (Å²) in [5.74, 6) is 0. The Bertz CT molecular complexity index is 278. The Morgan fingerprint density at radius 2 is 2.31 bits per heavy atom. The van der Waals surface area contributed by atoms with E-state index in [4.69, 9.17) is 5.73 Å². The molecule has 1 aromatic rings. The normalized spacial score (nSPS) is 12.5. The van der Waals surface area contributed by atoms with E-state index < -0.39 is 0 Å². The molecule has 0 heterocycles. The van der Waals surface area contributed by atoms with Crippen LogP contribution >= 0.6 is 0 Å². The van der Waals surface area contributed by atoms with Crippen molar-refractivity contribution in [1.82, 2.24) is 0 Å². The van der Waals surface area contributed by atoms with Crippen LogP contribution in [0.25, 0.3) is 0 Å². The zero-order valence-electron chi connectivity index (χ0n) is 8.16. The van der Waals surface area contributed by atoms with Crippen molar-refractivity contribution in [3.8, 4) is 0 Å². The monoisotopic (exact) mass is 175 g/mol. The predicted octanol–water partition coefficient (Wildman–Crippen LogP) is 2.44. The van der Waals surface area contributed by atoms with Crippen molar-refractivity contribution in [2.24, 2.45) is 5.73 Å². The van der Waals surface area contributed by atoms with E-state index in [0.717, 1.165) is 12.8 Å². The summed E-state index contributed by atoms with van der Waals surface area (Å²) in [7, 11) is 0. The number of aryl methyl sites for hydroxylation is 2. The summed E-state index contributed by atoms with van der Waals surface area (Å²) >= 11 is 0. The average molecular weight is 175 g/mol. The van der Waals surface area contributed by atoms with E-state index in [0.29, 0.717) is 0 Å². The first-order chi connectivity index (χ1) is 6.22. The summed E-state index contributed by atoms with van der Waals surface area (Å²) in [6.07, 6.45) is 3.82. The first kappa shape index (κ1) is 10.0. The molecule has 70 valence electrons. The van der Waals surface area contributed by atoms with Crippen LogP contribution < -0.4 is 5.73 Å². The molecular formula is C12H17N.